The van der Waals surface area contributed by atoms with Crippen molar-refractivity contribution in [3.63, 3.8) is 0 Å². The molecule has 1 amide bonds. The van der Waals surface area contributed by atoms with Crippen molar-refractivity contribution in [3.05, 3.63) is 108 Å². The Hall–Kier alpha value is -4.46. The molecule has 3 heterocycles. The van der Waals surface area contributed by atoms with E-state index in [2.05, 4.69) is 15.3 Å². The summed E-state index contributed by atoms with van der Waals surface area (Å²) in [6.45, 7) is 1.88. The van der Waals surface area contributed by atoms with Crippen molar-refractivity contribution in [2.75, 3.05) is 5.32 Å². The third kappa shape index (κ3) is 4.38. The lowest BCUT2D eigenvalue weighted by Gasteiger charge is -2.15. The molecule has 8 heteroatoms. The van der Waals surface area contributed by atoms with Crippen LogP contribution in [-0.2, 0) is 6.18 Å². The monoisotopic (exact) mass is 472 g/mol. The molecule has 0 aliphatic heterocycles. The van der Waals surface area contributed by atoms with E-state index in [1.54, 1.807) is 55.0 Å². The molecule has 0 aliphatic carbocycles. The summed E-state index contributed by atoms with van der Waals surface area (Å²) in [6, 6.07) is 17.7. The van der Waals surface area contributed by atoms with Gasteiger partial charge in [-0.1, -0.05) is 23.8 Å². The van der Waals surface area contributed by atoms with E-state index >= 15 is 0 Å². The number of amides is 1. The second-order valence-electron chi connectivity index (χ2n) is 8.07. The van der Waals surface area contributed by atoms with Crippen LogP contribution in [0.4, 0.5) is 18.9 Å². The van der Waals surface area contributed by atoms with Crippen molar-refractivity contribution in [2.45, 2.75) is 13.1 Å². The third-order valence-corrected chi connectivity index (χ3v) is 5.70. The van der Waals surface area contributed by atoms with E-state index in [0.29, 0.717) is 22.5 Å². The first-order valence-electron chi connectivity index (χ1n) is 10.8. The number of fused-ring (bicyclic) bond motifs is 1. The normalized spacial score (nSPS) is 11.5. The molecule has 3 aromatic heterocycles. The highest BCUT2D eigenvalue weighted by Crippen LogP contribution is 2.36. The highest BCUT2D eigenvalue weighted by atomic mass is 19.4. The van der Waals surface area contributed by atoms with Crippen LogP contribution in [0, 0.1) is 6.92 Å². The smallest absolute Gasteiger partial charge is 0.322 e. The van der Waals surface area contributed by atoms with Gasteiger partial charge in [-0.25, -0.2) is 4.98 Å². The average molecular weight is 472 g/mol. The number of benzene rings is 2. The second kappa shape index (κ2) is 8.72. The minimum Gasteiger partial charge on any atom is -0.322 e. The van der Waals surface area contributed by atoms with Gasteiger partial charge in [0.2, 0.25) is 0 Å². The maximum Gasteiger partial charge on any atom is 0.417 e. The lowest BCUT2D eigenvalue weighted by atomic mass is 9.98. The van der Waals surface area contributed by atoms with E-state index < -0.39 is 23.2 Å². The summed E-state index contributed by atoms with van der Waals surface area (Å²) in [5.41, 5.74) is 3.25. The third-order valence-electron chi connectivity index (χ3n) is 5.70. The molecule has 0 radical (unpaired) electrons. The second-order valence-corrected chi connectivity index (χ2v) is 8.07. The topological polar surface area (TPSA) is 59.3 Å². The van der Waals surface area contributed by atoms with Gasteiger partial charge in [0.1, 0.15) is 5.65 Å². The number of hydrogen-bond acceptors (Lipinski definition) is 3. The van der Waals surface area contributed by atoms with Crippen molar-refractivity contribution in [1.82, 2.24) is 14.4 Å². The predicted molar refractivity (Wildman–Crippen MR) is 128 cm³/mol. The van der Waals surface area contributed by atoms with Gasteiger partial charge in [-0.3, -0.25) is 14.2 Å². The van der Waals surface area contributed by atoms with Gasteiger partial charge in [0.25, 0.3) is 5.91 Å². The first-order chi connectivity index (χ1) is 16.8. The molecule has 35 heavy (non-hydrogen) atoms. The van der Waals surface area contributed by atoms with Crippen LogP contribution in [0.2, 0.25) is 0 Å². The van der Waals surface area contributed by atoms with Crippen molar-refractivity contribution in [2.24, 2.45) is 0 Å². The minimum absolute atomic E-state index is 0.413. The van der Waals surface area contributed by atoms with Crippen LogP contribution in [-0.4, -0.2) is 20.3 Å². The molecule has 0 fully saturated rings. The van der Waals surface area contributed by atoms with Crippen LogP contribution in [0.15, 0.2) is 91.5 Å². The van der Waals surface area contributed by atoms with Crippen LogP contribution in [0.1, 0.15) is 21.5 Å². The van der Waals surface area contributed by atoms with Gasteiger partial charge in [0.15, 0.2) is 0 Å². The van der Waals surface area contributed by atoms with Gasteiger partial charge >= 0.3 is 6.18 Å². The van der Waals surface area contributed by atoms with Gasteiger partial charge in [-0.2, -0.15) is 13.2 Å². The number of carbonyl (C=O) groups is 1. The summed E-state index contributed by atoms with van der Waals surface area (Å²) < 4.78 is 43.2. The number of hydrogen-bond donors (Lipinski definition) is 1. The summed E-state index contributed by atoms with van der Waals surface area (Å²) in [5.74, 6) is -0.837. The molecule has 5 aromatic rings. The molecule has 5 nitrogen and oxygen atoms in total. The van der Waals surface area contributed by atoms with Gasteiger partial charge in [-0.15, -0.1) is 0 Å². The lowest BCUT2D eigenvalue weighted by molar-refractivity contribution is -0.137. The standard InChI is InChI=1S/C27H19F3N4O/c1-17-4-7-20(8-5-17)33-26(35)22-15-19(6-9-23(22)27(28,29)30)21-3-2-14-34-24(16-32-25(21)34)18-10-12-31-13-11-18/h2-16H,1H3,(H,33,35). The van der Waals surface area contributed by atoms with E-state index in [-0.39, 0.29) is 0 Å². The Morgan fingerprint density at radius 3 is 2.40 bits per heavy atom. The van der Waals surface area contributed by atoms with Crippen LogP contribution in [0.25, 0.3) is 28.0 Å². The molecule has 0 saturated carbocycles. The minimum atomic E-state index is -4.69. The first-order valence-corrected chi connectivity index (χ1v) is 10.8. The van der Waals surface area contributed by atoms with Crippen molar-refractivity contribution in [1.29, 1.82) is 0 Å². The number of nitrogens with one attached hydrogen (secondary N) is 1. The number of halogens is 3. The van der Waals surface area contributed by atoms with Gasteiger partial charge in [-0.05, 0) is 61.0 Å². The fourth-order valence-corrected chi connectivity index (χ4v) is 3.95. The highest BCUT2D eigenvalue weighted by Gasteiger charge is 2.35. The zero-order valence-electron chi connectivity index (χ0n) is 18.5. The van der Waals surface area contributed by atoms with Crippen LogP contribution in [0.5, 0.6) is 0 Å². The molecular weight excluding hydrogens is 453 g/mol. The molecule has 0 spiro atoms. The van der Waals surface area contributed by atoms with E-state index in [1.807, 2.05) is 29.7 Å². The Labute approximate surface area is 198 Å². The highest BCUT2D eigenvalue weighted by molar-refractivity contribution is 6.06. The Balaban J connectivity index is 1.60. The molecule has 0 unspecified atom stereocenters. The molecular formula is C27H19F3N4O. The van der Waals surface area contributed by atoms with Crippen molar-refractivity contribution >= 4 is 17.2 Å². The fourth-order valence-electron chi connectivity index (χ4n) is 3.95. The van der Waals surface area contributed by atoms with Crippen molar-refractivity contribution < 1.29 is 18.0 Å². The molecule has 0 bridgehead atoms. The van der Waals surface area contributed by atoms with Crippen molar-refractivity contribution in [3.8, 4) is 22.4 Å². The summed E-state index contributed by atoms with van der Waals surface area (Å²) in [7, 11) is 0. The zero-order chi connectivity index (χ0) is 24.6. The van der Waals surface area contributed by atoms with Gasteiger partial charge in [0, 0.05) is 35.4 Å². The number of rotatable bonds is 4. The number of pyridine rings is 2. The molecule has 2 aromatic carbocycles. The van der Waals surface area contributed by atoms with Gasteiger partial charge < -0.3 is 5.32 Å². The van der Waals surface area contributed by atoms with Crippen LogP contribution < -0.4 is 5.32 Å². The fraction of sp³-hybridized carbons (Fsp3) is 0.0741. The SMILES string of the molecule is Cc1ccc(NC(=O)c2cc(-c3cccn4c(-c5ccncc5)cnc34)ccc2C(F)(F)F)cc1. The molecule has 0 aliphatic rings. The Kier molecular flexibility index (Phi) is 5.56. The quantitative estimate of drug-likeness (QED) is 0.319. The van der Waals surface area contributed by atoms with E-state index in [9.17, 15) is 18.0 Å². The number of carbonyl (C=O) groups excluding carboxylic acids is 1. The number of aryl methyl sites for hydroxylation is 1. The summed E-state index contributed by atoms with van der Waals surface area (Å²) in [5, 5.41) is 2.57. The van der Waals surface area contributed by atoms with Crippen LogP contribution >= 0.6 is 0 Å². The Morgan fingerprint density at radius 2 is 1.69 bits per heavy atom. The molecule has 1 N–H and O–H groups in total. The molecule has 0 saturated heterocycles. The molecule has 5 rings (SSSR count). The van der Waals surface area contributed by atoms with E-state index in [1.165, 1.54) is 12.1 Å². The number of imidazole rings is 1. The largest absolute Gasteiger partial charge is 0.417 e. The maximum absolute atomic E-state index is 13.8. The summed E-state index contributed by atoms with van der Waals surface area (Å²) in [4.78, 5) is 21.5. The first kappa shape index (κ1) is 22.3. The Morgan fingerprint density at radius 1 is 0.943 bits per heavy atom. The van der Waals surface area contributed by atoms with Gasteiger partial charge in [0.05, 0.1) is 23.0 Å². The summed E-state index contributed by atoms with van der Waals surface area (Å²) in [6.07, 6.45) is 2.19. The summed E-state index contributed by atoms with van der Waals surface area (Å²) >= 11 is 0. The van der Waals surface area contributed by atoms with Crippen LogP contribution in [0.3, 0.4) is 0 Å². The van der Waals surface area contributed by atoms with E-state index in [4.69, 9.17) is 0 Å². The number of aromatic nitrogens is 3. The Bertz CT molecular complexity index is 1520. The lowest BCUT2D eigenvalue weighted by Crippen LogP contribution is -2.19. The average Bonchev–Trinajstić information content (AvgIpc) is 3.29. The predicted octanol–water partition coefficient (Wildman–Crippen LogP) is 6.64. The van der Waals surface area contributed by atoms with E-state index in [0.717, 1.165) is 22.9 Å². The number of anilines is 1. The number of nitrogens with zero attached hydrogens (tertiary/aromatic N) is 3. The molecule has 0 atom stereocenters. The maximum atomic E-state index is 13.8. The number of alkyl halides is 3. The molecule has 174 valence electrons. The zero-order valence-corrected chi connectivity index (χ0v) is 18.5.